The van der Waals surface area contributed by atoms with Crippen molar-refractivity contribution in [3.05, 3.63) is 42.3 Å². The van der Waals surface area contributed by atoms with E-state index in [0.29, 0.717) is 30.4 Å². The lowest BCUT2D eigenvalue weighted by Gasteiger charge is -2.18. The summed E-state index contributed by atoms with van der Waals surface area (Å²) in [7, 11) is 0. The number of carboxylic acid groups (broad SMARTS) is 1. The Kier molecular flexibility index (Phi) is 6.38. The fourth-order valence-corrected chi connectivity index (χ4v) is 3.83. The van der Waals surface area contributed by atoms with Crippen molar-refractivity contribution >= 4 is 17.8 Å². The highest BCUT2D eigenvalue weighted by molar-refractivity contribution is 5.77. The van der Waals surface area contributed by atoms with E-state index in [1.165, 1.54) is 12.1 Å². The van der Waals surface area contributed by atoms with Crippen LogP contribution in [0.2, 0.25) is 0 Å². The summed E-state index contributed by atoms with van der Waals surface area (Å²) in [5.74, 6) is -1.11. The monoisotopic (exact) mass is 430 g/mol. The number of nitrogens with one attached hydrogen (secondary N) is 2. The summed E-state index contributed by atoms with van der Waals surface area (Å²) >= 11 is 0. The molecule has 2 saturated heterocycles. The lowest BCUT2D eigenvalue weighted by Crippen LogP contribution is -2.44. The molecule has 0 saturated carbocycles. The molecular weight excluding hydrogens is 407 g/mol. The molecule has 1 aromatic heterocycles. The Morgan fingerprint density at radius 1 is 1.13 bits per heavy atom. The van der Waals surface area contributed by atoms with Gasteiger partial charge in [0.15, 0.2) is 0 Å². The van der Waals surface area contributed by atoms with Gasteiger partial charge in [0.1, 0.15) is 18.0 Å². The second-order valence-electron chi connectivity index (χ2n) is 7.54. The Hall–Kier alpha value is -3.11. The number of hydrogen-bond donors (Lipinski definition) is 3. The lowest BCUT2D eigenvalue weighted by atomic mass is 10.1. The maximum Gasteiger partial charge on any atom is 0.303 e. The van der Waals surface area contributed by atoms with Gasteiger partial charge in [-0.1, -0.05) is 12.1 Å². The first-order chi connectivity index (χ1) is 15.0. The Morgan fingerprint density at radius 3 is 2.68 bits per heavy atom. The number of ether oxygens (including phenoxy) is 2. The van der Waals surface area contributed by atoms with Gasteiger partial charge in [-0.3, -0.25) is 9.59 Å². The molecule has 0 unspecified atom stereocenters. The number of aromatic nitrogens is 2. The Bertz CT molecular complexity index is 959. The highest BCUT2D eigenvalue weighted by atomic mass is 19.1. The van der Waals surface area contributed by atoms with E-state index in [4.69, 9.17) is 14.6 Å². The van der Waals surface area contributed by atoms with Crippen molar-refractivity contribution < 1.29 is 28.6 Å². The first kappa shape index (κ1) is 21.1. The summed E-state index contributed by atoms with van der Waals surface area (Å²) in [4.78, 5) is 31.3. The predicted octanol–water partition coefficient (Wildman–Crippen LogP) is 1.60. The van der Waals surface area contributed by atoms with Crippen molar-refractivity contribution in [1.82, 2.24) is 15.3 Å². The van der Waals surface area contributed by atoms with Crippen LogP contribution < -0.4 is 10.6 Å². The van der Waals surface area contributed by atoms with E-state index in [2.05, 4.69) is 20.6 Å². The molecule has 1 aromatic carbocycles. The molecule has 2 aliphatic heterocycles. The van der Waals surface area contributed by atoms with E-state index < -0.39 is 5.97 Å². The molecular formula is C21H23FN4O5. The first-order valence-corrected chi connectivity index (χ1v) is 10.1. The van der Waals surface area contributed by atoms with E-state index in [-0.39, 0.29) is 55.3 Å². The van der Waals surface area contributed by atoms with Gasteiger partial charge in [0.05, 0.1) is 31.0 Å². The number of carbonyl (C=O) groups excluding carboxylic acids is 1. The Morgan fingerprint density at radius 2 is 1.90 bits per heavy atom. The lowest BCUT2D eigenvalue weighted by molar-refractivity contribution is -0.137. The summed E-state index contributed by atoms with van der Waals surface area (Å²) in [5, 5.41) is 14.8. The van der Waals surface area contributed by atoms with Crippen LogP contribution in [-0.4, -0.2) is 64.5 Å². The number of benzene rings is 1. The molecule has 164 valence electrons. The third kappa shape index (κ3) is 5.15. The fourth-order valence-electron chi connectivity index (χ4n) is 3.83. The SMILES string of the molecule is O=C(O)CCCC(=O)N[C@H]1CO[C@H]2[C@H]1OC[C@H]2Nc1nccc(-c2cccc(F)c2)n1. The third-order valence-corrected chi connectivity index (χ3v) is 5.28. The van der Waals surface area contributed by atoms with Gasteiger partial charge in [-0.25, -0.2) is 14.4 Å². The molecule has 1 amide bonds. The molecule has 4 atom stereocenters. The summed E-state index contributed by atoms with van der Waals surface area (Å²) < 4.78 is 25.2. The smallest absolute Gasteiger partial charge is 0.303 e. The first-order valence-electron chi connectivity index (χ1n) is 10.1. The van der Waals surface area contributed by atoms with Crippen molar-refractivity contribution in [3.63, 3.8) is 0 Å². The van der Waals surface area contributed by atoms with Gasteiger partial charge in [0, 0.05) is 24.6 Å². The number of nitrogens with zero attached hydrogens (tertiary/aromatic N) is 2. The number of anilines is 1. The average Bonchev–Trinajstić information content (AvgIpc) is 3.31. The zero-order valence-electron chi connectivity index (χ0n) is 16.7. The number of amides is 1. The maximum atomic E-state index is 13.5. The van der Waals surface area contributed by atoms with Crippen molar-refractivity contribution in [2.75, 3.05) is 18.5 Å². The molecule has 10 heteroatoms. The molecule has 4 rings (SSSR count). The maximum absolute atomic E-state index is 13.5. The molecule has 3 heterocycles. The summed E-state index contributed by atoms with van der Waals surface area (Å²) in [6, 6.07) is 7.38. The van der Waals surface area contributed by atoms with Gasteiger partial charge < -0.3 is 25.2 Å². The molecule has 9 nitrogen and oxygen atoms in total. The fraction of sp³-hybridized carbons (Fsp3) is 0.429. The van der Waals surface area contributed by atoms with Crippen LogP contribution in [0.4, 0.5) is 10.3 Å². The Labute approximate surface area is 178 Å². The normalized spacial score (nSPS) is 24.5. The molecule has 2 aliphatic rings. The Balaban J connectivity index is 1.34. The standard InChI is InChI=1S/C21H23FN4O5/c22-13-4-1-3-12(9-13)14-7-8-23-21(25-14)26-16-11-31-19-15(10-30-20(16)19)24-17(27)5-2-6-18(28)29/h1,3-4,7-9,15-16,19-20H,2,5-6,10-11H2,(H,24,27)(H,28,29)(H,23,25,26)/t15-,16+,19-,20+/m0/s1. The second-order valence-corrected chi connectivity index (χ2v) is 7.54. The van der Waals surface area contributed by atoms with Crippen molar-refractivity contribution in [2.45, 2.75) is 43.6 Å². The van der Waals surface area contributed by atoms with E-state index in [1.807, 2.05) is 0 Å². The number of carbonyl (C=O) groups is 2. The number of halogens is 1. The summed E-state index contributed by atoms with van der Waals surface area (Å²) in [6.45, 7) is 0.663. The summed E-state index contributed by atoms with van der Waals surface area (Å²) in [5.41, 5.74) is 1.24. The van der Waals surface area contributed by atoms with Crippen molar-refractivity contribution in [3.8, 4) is 11.3 Å². The highest BCUT2D eigenvalue weighted by Crippen LogP contribution is 2.29. The van der Waals surface area contributed by atoms with Gasteiger partial charge in [-0.2, -0.15) is 0 Å². The van der Waals surface area contributed by atoms with Crippen molar-refractivity contribution in [2.24, 2.45) is 0 Å². The van der Waals surface area contributed by atoms with Crippen LogP contribution in [0, 0.1) is 5.82 Å². The minimum absolute atomic E-state index is 0.0438. The molecule has 0 radical (unpaired) electrons. The van der Waals surface area contributed by atoms with Gasteiger partial charge >= 0.3 is 5.97 Å². The molecule has 3 N–H and O–H groups in total. The van der Waals surface area contributed by atoms with Crippen LogP contribution in [0.5, 0.6) is 0 Å². The van der Waals surface area contributed by atoms with Crippen LogP contribution in [0.15, 0.2) is 36.5 Å². The number of aliphatic carboxylic acids is 1. The molecule has 0 aliphatic carbocycles. The van der Waals surface area contributed by atoms with Gasteiger partial charge in [-0.05, 0) is 24.6 Å². The molecule has 2 fully saturated rings. The van der Waals surface area contributed by atoms with Crippen LogP contribution in [0.1, 0.15) is 19.3 Å². The van der Waals surface area contributed by atoms with Gasteiger partial charge in [0.25, 0.3) is 0 Å². The number of carboxylic acids is 1. The minimum Gasteiger partial charge on any atom is -0.481 e. The number of fused-ring (bicyclic) bond motifs is 1. The third-order valence-electron chi connectivity index (χ3n) is 5.28. The minimum atomic E-state index is -0.922. The average molecular weight is 430 g/mol. The van der Waals surface area contributed by atoms with Crippen LogP contribution in [0.25, 0.3) is 11.3 Å². The number of hydrogen-bond acceptors (Lipinski definition) is 7. The topological polar surface area (TPSA) is 123 Å². The molecule has 0 bridgehead atoms. The molecule has 31 heavy (non-hydrogen) atoms. The van der Waals surface area contributed by atoms with Gasteiger partial charge in [0.2, 0.25) is 11.9 Å². The number of rotatable bonds is 8. The summed E-state index contributed by atoms with van der Waals surface area (Å²) in [6.07, 6.45) is 1.38. The van der Waals surface area contributed by atoms with Crippen LogP contribution in [-0.2, 0) is 19.1 Å². The second kappa shape index (κ2) is 9.36. The molecule has 2 aromatic rings. The zero-order chi connectivity index (χ0) is 21.8. The van der Waals surface area contributed by atoms with E-state index in [9.17, 15) is 14.0 Å². The van der Waals surface area contributed by atoms with E-state index in [1.54, 1.807) is 24.4 Å². The van der Waals surface area contributed by atoms with E-state index in [0.717, 1.165) is 0 Å². The van der Waals surface area contributed by atoms with E-state index >= 15 is 0 Å². The van der Waals surface area contributed by atoms with Crippen LogP contribution in [0.3, 0.4) is 0 Å². The predicted molar refractivity (Wildman–Crippen MR) is 108 cm³/mol. The highest BCUT2D eigenvalue weighted by Gasteiger charge is 2.48. The van der Waals surface area contributed by atoms with Crippen LogP contribution >= 0.6 is 0 Å². The van der Waals surface area contributed by atoms with Crippen molar-refractivity contribution in [1.29, 1.82) is 0 Å². The largest absolute Gasteiger partial charge is 0.481 e. The molecule has 0 spiro atoms. The quantitative estimate of drug-likeness (QED) is 0.577. The zero-order valence-corrected chi connectivity index (χ0v) is 16.7. The van der Waals surface area contributed by atoms with Gasteiger partial charge in [-0.15, -0.1) is 0 Å².